The molecule has 0 aliphatic carbocycles. The molecule has 0 amide bonds. The molecular formula is C16H22N4O. The van der Waals surface area contributed by atoms with Crippen molar-refractivity contribution in [1.29, 1.82) is 0 Å². The number of piperidine rings is 1. The van der Waals surface area contributed by atoms with Gasteiger partial charge in [0.25, 0.3) is 0 Å². The Morgan fingerprint density at radius 3 is 2.71 bits per heavy atom. The summed E-state index contributed by atoms with van der Waals surface area (Å²) in [5.41, 5.74) is 1.21. The Hall–Kier alpha value is -1.88. The molecule has 0 N–H and O–H groups in total. The van der Waals surface area contributed by atoms with E-state index in [1.807, 2.05) is 10.7 Å². The first-order valence-corrected chi connectivity index (χ1v) is 7.58. The van der Waals surface area contributed by atoms with Gasteiger partial charge in [-0.25, -0.2) is 4.98 Å². The highest BCUT2D eigenvalue weighted by atomic mass is 16.5. The molecule has 1 fully saturated rings. The summed E-state index contributed by atoms with van der Waals surface area (Å²) in [6.07, 6.45) is 5.88. The van der Waals surface area contributed by atoms with Crippen LogP contribution in [-0.2, 0) is 6.54 Å². The molecule has 2 heterocycles. The summed E-state index contributed by atoms with van der Waals surface area (Å²) >= 11 is 0. The highest BCUT2D eigenvalue weighted by Gasteiger charge is 2.20. The molecule has 1 saturated heterocycles. The summed E-state index contributed by atoms with van der Waals surface area (Å²) in [6.45, 7) is 6.21. The molecule has 1 aromatic heterocycles. The van der Waals surface area contributed by atoms with Crippen molar-refractivity contribution in [2.75, 3.05) is 19.6 Å². The summed E-state index contributed by atoms with van der Waals surface area (Å²) in [5.74, 6) is 1.03. The van der Waals surface area contributed by atoms with Gasteiger partial charge in [0.2, 0.25) is 0 Å². The number of aromatic nitrogens is 3. The minimum atomic E-state index is 0.341. The van der Waals surface area contributed by atoms with Crippen LogP contribution >= 0.6 is 0 Å². The summed E-state index contributed by atoms with van der Waals surface area (Å²) < 4.78 is 8.02. The van der Waals surface area contributed by atoms with Gasteiger partial charge < -0.3 is 9.64 Å². The largest absolute Gasteiger partial charge is 0.490 e. The second-order valence-corrected chi connectivity index (χ2v) is 5.58. The van der Waals surface area contributed by atoms with E-state index in [2.05, 4.69) is 40.1 Å². The number of hydrogen-bond acceptors (Lipinski definition) is 4. The molecule has 0 unspecified atom stereocenters. The lowest BCUT2D eigenvalue weighted by atomic mass is 10.1. The summed E-state index contributed by atoms with van der Waals surface area (Å²) in [5, 5.41) is 4.14. The molecule has 5 nitrogen and oxygen atoms in total. The molecule has 0 bridgehead atoms. The van der Waals surface area contributed by atoms with Crippen molar-refractivity contribution in [3.63, 3.8) is 0 Å². The lowest BCUT2D eigenvalue weighted by Gasteiger charge is -2.32. The first kappa shape index (κ1) is 14.1. The fourth-order valence-corrected chi connectivity index (χ4v) is 2.71. The second-order valence-electron chi connectivity index (χ2n) is 5.58. The summed E-state index contributed by atoms with van der Waals surface area (Å²) in [6, 6.07) is 8.25. The van der Waals surface area contributed by atoms with E-state index in [1.165, 1.54) is 5.56 Å². The first-order valence-electron chi connectivity index (χ1n) is 7.58. The van der Waals surface area contributed by atoms with Crippen LogP contribution in [0, 0.1) is 6.92 Å². The Morgan fingerprint density at radius 2 is 2.00 bits per heavy atom. The Morgan fingerprint density at radius 1 is 1.19 bits per heavy atom. The summed E-state index contributed by atoms with van der Waals surface area (Å²) in [4.78, 5) is 6.44. The zero-order chi connectivity index (χ0) is 14.5. The predicted octanol–water partition coefficient (Wildman–Crippen LogP) is 2.13. The van der Waals surface area contributed by atoms with Crippen LogP contribution in [0.1, 0.15) is 18.4 Å². The van der Waals surface area contributed by atoms with Crippen LogP contribution in [0.25, 0.3) is 0 Å². The maximum Gasteiger partial charge on any atom is 0.137 e. The zero-order valence-corrected chi connectivity index (χ0v) is 12.5. The fraction of sp³-hybridized carbons (Fsp3) is 0.500. The molecule has 0 radical (unpaired) electrons. The van der Waals surface area contributed by atoms with Gasteiger partial charge in [-0.2, -0.15) is 5.10 Å². The average molecular weight is 286 g/mol. The number of para-hydroxylation sites is 1. The van der Waals surface area contributed by atoms with Crippen LogP contribution < -0.4 is 4.74 Å². The SMILES string of the molecule is Cc1ccccc1OC1CCN(CCn2cncn2)CC1. The number of ether oxygens (including phenoxy) is 1. The molecule has 0 atom stereocenters. The molecule has 3 rings (SSSR count). The summed E-state index contributed by atoms with van der Waals surface area (Å²) in [7, 11) is 0. The third-order valence-electron chi connectivity index (χ3n) is 4.03. The Kier molecular flexibility index (Phi) is 4.50. The van der Waals surface area contributed by atoms with Crippen molar-refractivity contribution in [3.05, 3.63) is 42.5 Å². The van der Waals surface area contributed by atoms with Crippen molar-refractivity contribution in [2.45, 2.75) is 32.4 Å². The van der Waals surface area contributed by atoms with Gasteiger partial charge >= 0.3 is 0 Å². The van der Waals surface area contributed by atoms with Crippen molar-refractivity contribution in [1.82, 2.24) is 19.7 Å². The van der Waals surface area contributed by atoms with E-state index in [-0.39, 0.29) is 0 Å². The number of rotatable bonds is 5. The maximum atomic E-state index is 6.13. The van der Waals surface area contributed by atoms with Gasteiger partial charge in [0, 0.05) is 19.6 Å². The van der Waals surface area contributed by atoms with Crippen LogP contribution in [-0.4, -0.2) is 45.4 Å². The van der Waals surface area contributed by atoms with Gasteiger partial charge in [-0.15, -0.1) is 0 Å². The van der Waals surface area contributed by atoms with Crippen molar-refractivity contribution >= 4 is 0 Å². The molecule has 1 aliphatic rings. The molecule has 1 aliphatic heterocycles. The number of likely N-dealkylation sites (tertiary alicyclic amines) is 1. The quantitative estimate of drug-likeness (QED) is 0.844. The molecule has 0 saturated carbocycles. The van der Waals surface area contributed by atoms with Crippen molar-refractivity contribution in [2.24, 2.45) is 0 Å². The smallest absolute Gasteiger partial charge is 0.137 e. The molecule has 112 valence electrons. The van der Waals surface area contributed by atoms with E-state index >= 15 is 0 Å². The normalized spacial score (nSPS) is 17.0. The second kappa shape index (κ2) is 6.72. The van der Waals surface area contributed by atoms with Gasteiger partial charge in [-0.05, 0) is 31.4 Å². The van der Waals surface area contributed by atoms with Gasteiger partial charge in [-0.1, -0.05) is 18.2 Å². The number of hydrogen-bond donors (Lipinski definition) is 0. The molecule has 21 heavy (non-hydrogen) atoms. The van der Waals surface area contributed by atoms with Crippen LogP contribution in [0.2, 0.25) is 0 Å². The van der Waals surface area contributed by atoms with Crippen molar-refractivity contribution in [3.8, 4) is 5.75 Å². The van der Waals surface area contributed by atoms with E-state index in [1.54, 1.807) is 12.7 Å². The van der Waals surface area contributed by atoms with Gasteiger partial charge in [0.05, 0.1) is 6.54 Å². The van der Waals surface area contributed by atoms with Crippen molar-refractivity contribution < 1.29 is 4.74 Å². The zero-order valence-electron chi connectivity index (χ0n) is 12.5. The topological polar surface area (TPSA) is 43.2 Å². The minimum absolute atomic E-state index is 0.341. The molecule has 1 aromatic carbocycles. The van der Waals surface area contributed by atoms with Crippen LogP contribution in [0.4, 0.5) is 0 Å². The van der Waals surface area contributed by atoms with Gasteiger partial charge in [0.1, 0.15) is 24.5 Å². The number of aryl methyl sites for hydroxylation is 1. The average Bonchev–Trinajstić information content (AvgIpc) is 3.02. The maximum absolute atomic E-state index is 6.13. The molecule has 2 aromatic rings. The standard InChI is InChI=1S/C16H22N4O/c1-14-4-2-3-5-16(14)21-15-6-8-19(9-7-15)10-11-20-13-17-12-18-20/h2-5,12-13,15H,6-11H2,1H3. The van der Waals surface area contributed by atoms with Crippen LogP contribution in [0.15, 0.2) is 36.9 Å². The lowest BCUT2D eigenvalue weighted by Crippen LogP contribution is -2.39. The highest BCUT2D eigenvalue weighted by Crippen LogP contribution is 2.22. The van der Waals surface area contributed by atoms with Crippen LogP contribution in [0.5, 0.6) is 5.75 Å². The number of benzene rings is 1. The highest BCUT2D eigenvalue weighted by molar-refractivity contribution is 5.31. The van der Waals surface area contributed by atoms with Gasteiger partial charge in [0.15, 0.2) is 0 Å². The van der Waals surface area contributed by atoms with Crippen LogP contribution in [0.3, 0.4) is 0 Å². The van der Waals surface area contributed by atoms with E-state index < -0.39 is 0 Å². The Labute approximate surface area is 125 Å². The first-order chi connectivity index (χ1) is 10.3. The number of nitrogens with zero attached hydrogens (tertiary/aromatic N) is 4. The molecule has 5 heteroatoms. The van der Waals surface area contributed by atoms with E-state index in [0.717, 1.165) is 44.8 Å². The third kappa shape index (κ3) is 3.82. The van der Waals surface area contributed by atoms with E-state index in [0.29, 0.717) is 6.10 Å². The van der Waals surface area contributed by atoms with E-state index in [4.69, 9.17) is 4.74 Å². The Balaban J connectivity index is 1.44. The van der Waals surface area contributed by atoms with Gasteiger partial charge in [-0.3, -0.25) is 4.68 Å². The predicted molar refractivity (Wildman–Crippen MR) is 81.3 cm³/mol. The third-order valence-corrected chi connectivity index (χ3v) is 4.03. The molecule has 0 spiro atoms. The van der Waals surface area contributed by atoms with E-state index in [9.17, 15) is 0 Å². The lowest BCUT2D eigenvalue weighted by molar-refractivity contribution is 0.0974. The minimum Gasteiger partial charge on any atom is -0.490 e. The fourth-order valence-electron chi connectivity index (χ4n) is 2.71. The molecular weight excluding hydrogens is 264 g/mol. The monoisotopic (exact) mass is 286 g/mol. The Bertz CT molecular complexity index is 547.